The zero-order valence-corrected chi connectivity index (χ0v) is 14.4. The highest BCUT2D eigenvalue weighted by Crippen LogP contribution is 2.24. The number of methoxy groups -OCH3 is 1. The van der Waals surface area contributed by atoms with Crippen molar-refractivity contribution in [1.82, 2.24) is 10.2 Å². The summed E-state index contributed by atoms with van der Waals surface area (Å²) in [7, 11) is 1.65. The summed E-state index contributed by atoms with van der Waals surface area (Å²) in [6, 6.07) is 4.08. The summed E-state index contributed by atoms with van der Waals surface area (Å²) in [5, 5.41) is 3.03. The average molecular weight is 318 g/mol. The van der Waals surface area contributed by atoms with Gasteiger partial charge in [-0.05, 0) is 43.9 Å². The number of nitrogens with one attached hydrogen (secondary N) is 1. The van der Waals surface area contributed by atoms with E-state index in [0.29, 0.717) is 19.6 Å². The summed E-state index contributed by atoms with van der Waals surface area (Å²) in [5.41, 5.74) is 3.28. The van der Waals surface area contributed by atoms with Gasteiger partial charge in [-0.3, -0.25) is 9.59 Å². The van der Waals surface area contributed by atoms with Gasteiger partial charge in [0.05, 0.1) is 7.11 Å². The Bertz CT molecular complexity index is 590. The minimum atomic E-state index is -0.0117. The first-order chi connectivity index (χ1) is 10.9. The fraction of sp³-hybridized carbons (Fsp3) is 0.556. The van der Waals surface area contributed by atoms with Gasteiger partial charge in [-0.2, -0.15) is 0 Å². The van der Waals surface area contributed by atoms with Crippen molar-refractivity contribution in [2.75, 3.05) is 20.2 Å². The average Bonchev–Trinajstić information content (AvgIpc) is 2.53. The van der Waals surface area contributed by atoms with Gasteiger partial charge < -0.3 is 15.0 Å². The van der Waals surface area contributed by atoms with Crippen LogP contribution in [0.15, 0.2) is 12.1 Å². The van der Waals surface area contributed by atoms with Gasteiger partial charge in [-0.15, -0.1) is 0 Å². The third kappa shape index (κ3) is 4.24. The van der Waals surface area contributed by atoms with Crippen molar-refractivity contribution in [2.24, 2.45) is 5.92 Å². The summed E-state index contributed by atoms with van der Waals surface area (Å²) >= 11 is 0. The fourth-order valence-corrected chi connectivity index (χ4v) is 3.14. The van der Waals surface area contributed by atoms with Crippen LogP contribution in [0.3, 0.4) is 0 Å². The number of carbonyl (C=O) groups excluding carboxylic acids is 2. The molecular weight excluding hydrogens is 292 g/mol. The van der Waals surface area contributed by atoms with Crippen LogP contribution in [-0.2, 0) is 16.1 Å². The van der Waals surface area contributed by atoms with Crippen LogP contribution in [0.25, 0.3) is 0 Å². The molecule has 2 amide bonds. The standard InChI is InChI=1S/C18H26N2O3/c1-12-9-13(2)16(17(10-12)23-4)11-19-18(22)15-5-7-20(8-6-15)14(3)21/h9-10,15H,5-8,11H2,1-4H3,(H,19,22). The third-order valence-electron chi connectivity index (χ3n) is 4.55. The summed E-state index contributed by atoms with van der Waals surface area (Å²) in [4.78, 5) is 25.5. The van der Waals surface area contributed by atoms with E-state index >= 15 is 0 Å². The molecule has 5 heteroatoms. The number of hydrogen-bond acceptors (Lipinski definition) is 3. The van der Waals surface area contributed by atoms with Gasteiger partial charge in [-0.25, -0.2) is 0 Å². The fourth-order valence-electron chi connectivity index (χ4n) is 3.14. The molecule has 1 N–H and O–H groups in total. The van der Waals surface area contributed by atoms with Crippen molar-refractivity contribution in [3.63, 3.8) is 0 Å². The Morgan fingerprint density at radius 1 is 1.26 bits per heavy atom. The van der Waals surface area contributed by atoms with Crippen LogP contribution >= 0.6 is 0 Å². The van der Waals surface area contributed by atoms with Crippen molar-refractivity contribution >= 4 is 11.8 Å². The maximum absolute atomic E-state index is 12.4. The van der Waals surface area contributed by atoms with Gasteiger partial charge in [0.15, 0.2) is 0 Å². The lowest BCUT2D eigenvalue weighted by Crippen LogP contribution is -2.42. The molecule has 0 unspecified atom stereocenters. The monoisotopic (exact) mass is 318 g/mol. The molecule has 0 saturated carbocycles. The van der Waals surface area contributed by atoms with E-state index in [1.54, 1.807) is 18.9 Å². The molecule has 5 nitrogen and oxygen atoms in total. The van der Waals surface area contributed by atoms with Crippen LogP contribution in [0.1, 0.15) is 36.5 Å². The highest BCUT2D eigenvalue weighted by Gasteiger charge is 2.26. The molecule has 1 aromatic carbocycles. The lowest BCUT2D eigenvalue weighted by Gasteiger charge is -2.30. The minimum Gasteiger partial charge on any atom is -0.496 e. The topological polar surface area (TPSA) is 58.6 Å². The molecule has 0 radical (unpaired) electrons. The number of benzene rings is 1. The van der Waals surface area contributed by atoms with Crippen LogP contribution in [-0.4, -0.2) is 36.9 Å². The highest BCUT2D eigenvalue weighted by molar-refractivity contribution is 5.79. The highest BCUT2D eigenvalue weighted by atomic mass is 16.5. The SMILES string of the molecule is COc1cc(C)cc(C)c1CNC(=O)C1CCN(C(C)=O)CC1. The second-order valence-corrected chi connectivity index (χ2v) is 6.26. The van der Waals surface area contributed by atoms with Crippen LogP contribution in [0, 0.1) is 19.8 Å². The summed E-state index contributed by atoms with van der Waals surface area (Å²) < 4.78 is 5.43. The van der Waals surface area contributed by atoms with E-state index in [2.05, 4.69) is 11.4 Å². The molecule has 1 aliphatic heterocycles. The molecule has 2 rings (SSSR count). The van der Waals surface area contributed by atoms with Gasteiger partial charge in [0, 0.05) is 38.0 Å². The Balaban J connectivity index is 1.94. The quantitative estimate of drug-likeness (QED) is 0.926. The zero-order valence-electron chi connectivity index (χ0n) is 14.4. The van der Waals surface area contributed by atoms with Gasteiger partial charge in [0.1, 0.15) is 5.75 Å². The van der Waals surface area contributed by atoms with Crippen LogP contribution in [0.5, 0.6) is 5.75 Å². The molecule has 1 aromatic rings. The number of hydrogen-bond donors (Lipinski definition) is 1. The van der Waals surface area contributed by atoms with E-state index < -0.39 is 0 Å². The normalized spacial score (nSPS) is 15.4. The largest absolute Gasteiger partial charge is 0.496 e. The number of amides is 2. The molecule has 126 valence electrons. The van der Waals surface area contributed by atoms with Crippen LogP contribution in [0.2, 0.25) is 0 Å². The molecule has 0 aromatic heterocycles. The first kappa shape index (κ1) is 17.3. The van der Waals surface area contributed by atoms with Gasteiger partial charge in [0.2, 0.25) is 11.8 Å². The molecule has 0 spiro atoms. The van der Waals surface area contributed by atoms with Gasteiger partial charge in [0.25, 0.3) is 0 Å². The first-order valence-corrected chi connectivity index (χ1v) is 8.09. The minimum absolute atomic E-state index is 0.0117. The first-order valence-electron chi connectivity index (χ1n) is 8.09. The van der Waals surface area contributed by atoms with Gasteiger partial charge in [-0.1, -0.05) is 6.07 Å². The Hall–Kier alpha value is -2.04. The zero-order chi connectivity index (χ0) is 17.0. The van der Waals surface area contributed by atoms with Crippen LogP contribution < -0.4 is 10.1 Å². The predicted molar refractivity (Wildman–Crippen MR) is 89.3 cm³/mol. The number of piperidine rings is 1. The Morgan fingerprint density at radius 2 is 1.91 bits per heavy atom. The number of carbonyl (C=O) groups is 2. The maximum Gasteiger partial charge on any atom is 0.223 e. The molecule has 1 fully saturated rings. The number of likely N-dealkylation sites (tertiary alicyclic amines) is 1. The van der Waals surface area contributed by atoms with Gasteiger partial charge >= 0.3 is 0 Å². The van der Waals surface area contributed by atoms with E-state index in [9.17, 15) is 9.59 Å². The number of nitrogens with zero attached hydrogens (tertiary/aromatic N) is 1. The Labute approximate surface area is 138 Å². The molecule has 0 aliphatic carbocycles. The molecule has 0 atom stereocenters. The molecule has 1 aliphatic rings. The molecule has 0 bridgehead atoms. The van der Waals surface area contributed by atoms with Crippen molar-refractivity contribution in [3.8, 4) is 5.75 Å². The summed E-state index contributed by atoms with van der Waals surface area (Å²) in [6.45, 7) is 7.44. The van der Waals surface area contributed by atoms with Crippen LogP contribution in [0.4, 0.5) is 0 Å². The predicted octanol–water partition coefficient (Wildman–Crippen LogP) is 2.19. The smallest absolute Gasteiger partial charge is 0.223 e. The Kier molecular flexibility index (Phi) is 5.64. The van der Waals surface area contributed by atoms with E-state index in [0.717, 1.165) is 35.3 Å². The molecule has 1 heterocycles. The van der Waals surface area contributed by atoms with E-state index in [1.807, 2.05) is 19.9 Å². The van der Waals surface area contributed by atoms with E-state index in [4.69, 9.17) is 4.74 Å². The van der Waals surface area contributed by atoms with Crippen molar-refractivity contribution in [2.45, 2.75) is 40.2 Å². The lowest BCUT2D eigenvalue weighted by molar-refractivity contribution is -0.134. The van der Waals surface area contributed by atoms with Crippen molar-refractivity contribution in [1.29, 1.82) is 0 Å². The number of rotatable bonds is 4. The van der Waals surface area contributed by atoms with Crippen molar-refractivity contribution < 1.29 is 14.3 Å². The van der Waals surface area contributed by atoms with Crippen molar-refractivity contribution in [3.05, 3.63) is 28.8 Å². The summed E-state index contributed by atoms with van der Waals surface area (Å²) in [6.07, 6.45) is 1.46. The number of aryl methyl sites for hydroxylation is 2. The molecule has 23 heavy (non-hydrogen) atoms. The lowest BCUT2D eigenvalue weighted by atomic mass is 9.95. The maximum atomic E-state index is 12.4. The number of ether oxygens (including phenoxy) is 1. The third-order valence-corrected chi connectivity index (χ3v) is 4.55. The Morgan fingerprint density at radius 3 is 2.48 bits per heavy atom. The summed E-state index contributed by atoms with van der Waals surface area (Å²) in [5.74, 6) is 0.954. The molecule has 1 saturated heterocycles. The second-order valence-electron chi connectivity index (χ2n) is 6.26. The van der Waals surface area contributed by atoms with E-state index in [1.165, 1.54) is 0 Å². The second kappa shape index (κ2) is 7.49. The molecular formula is C18H26N2O3. The van der Waals surface area contributed by atoms with E-state index in [-0.39, 0.29) is 17.7 Å².